The monoisotopic (exact) mass is 230 g/mol. The SMILES string of the molecule is CNC(CCc1cnn(C)c1)c1ccncc1. The largest absolute Gasteiger partial charge is 0.313 e. The minimum Gasteiger partial charge on any atom is -0.313 e. The van der Waals surface area contributed by atoms with Crippen molar-refractivity contribution in [2.45, 2.75) is 18.9 Å². The predicted octanol–water partition coefficient (Wildman–Crippen LogP) is 1.71. The van der Waals surface area contributed by atoms with Crippen molar-refractivity contribution in [1.29, 1.82) is 0 Å². The fourth-order valence-corrected chi connectivity index (χ4v) is 1.99. The first kappa shape index (κ1) is 11.8. The van der Waals surface area contributed by atoms with E-state index < -0.39 is 0 Å². The molecule has 2 heterocycles. The van der Waals surface area contributed by atoms with Gasteiger partial charge < -0.3 is 5.32 Å². The van der Waals surface area contributed by atoms with Gasteiger partial charge in [0.25, 0.3) is 0 Å². The molecule has 1 unspecified atom stereocenters. The Balaban J connectivity index is 1.97. The van der Waals surface area contributed by atoms with Crippen molar-refractivity contribution in [2.75, 3.05) is 7.05 Å². The summed E-state index contributed by atoms with van der Waals surface area (Å²) in [5, 5.41) is 7.52. The van der Waals surface area contributed by atoms with Crippen LogP contribution in [0.15, 0.2) is 36.9 Å². The minimum absolute atomic E-state index is 0.373. The lowest BCUT2D eigenvalue weighted by Crippen LogP contribution is -2.17. The molecule has 4 heteroatoms. The second kappa shape index (κ2) is 5.59. The highest BCUT2D eigenvalue weighted by atomic mass is 15.2. The molecule has 0 saturated carbocycles. The number of nitrogens with zero attached hydrogens (tertiary/aromatic N) is 3. The Bertz CT molecular complexity index is 449. The number of nitrogens with one attached hydrogen (secondary N) is 1. The Kier molecular flexibility index (Phi) is 3.88. The zero-order chi connectivity index (χ0) is 12.1. The predicted molar refractivity (Wildman–Crippen MR) is 67.6 cm³/mol. The topological polar surface area (TPSA) is 42.7 Å². The van der Waals surface area contributed by atoms with Crippen LogP contribution in [0.25, 0.3) is 0 Å². The molecule has 0 fully saturated rings. The van der Waals surface area contributed by atoms with Crippen LogP contribution in [0.3, 0.4) is 0 Å². The maximum Gasteiger partial charge on any atom is 0.0521 e. The van der Waals surface area contributed by atoms with Crippen molar-refractivity contribution < 1.29 is 0 Å². The molecule has 0 aliphatic carbocycles. The molecule has 0 aliphatic heterocycles. The molecule has 1 atom stereocenters. The third kappa shape index (κ3) is 3.14. The summed E-state index contributed by atoms with van der Waals surface area (Å²) >= 11 is 0. The lowest BCUT2D eigenvalue weighted by Gasteiger charge is -2.15. The number of pyridine rings is 1. The Labute approximate surface area is 102 Å². The maximum atomic E-state index is 4.18. The van der Waals surface area contributed by atoms with Crippen molar-refractivity contribution in [3.63, 3.8) is 0 Å². The van der Waals surface area contributed by atoms with E-state index in [-0.39, 0.29) is 0 Å². The van der Waals surface area contributed by atoms with Gasteiger partial charge in [0.15, 0.2) is 0 Å². The molecule has 0 saturated heterocycles. The average Bonchev–Trinajstić information content (AvgIpc) is 2.77. The van der Waals surface area contributed by atoms with Gasteiger partial charge in [0, 0.05) is 31.7 Å². The van der Waals surface area contributed by atoms with Gasteiger partial charge in [0.05, 0.1) is 6.20 Å². The molecule has 17 heavy (non-hydrogen) atoms. The Hall–Kier alpha value is -1.68. The van der Waals surface area contributed by atoms with Crippen molar-refractivity contribution in [2.24, 2.45) is 7.05 Å². The standard InChI is InChI=1S/C13H18N4/c1-14-13(12-5-7-15-8-6-12)4-3-11-9-16-17(2)10-11/h5-10,13-14H,3-4H2,1-2H3. The van der Waals surface area contributed by atoms with E-state index in [1.54, 1.807) is 0 Å². The Morgan fingerprint density at radius 1 is 1.35 bits per heavy atom. The van der Waals surface area contributed by atoms with E-state index in [2.05, 4.69) is 33.7 Å². The molecule has 0 spiro atoms. The van der Waals surface area contributed by atoms with Gasteiger partial charge in [-0.15, -0.1) is 0 Å². The molecule has 0 amide bonds. The van der Waals surface area contributed by atoms with Gasteiger partial charge in [-0.2, -0.15) is 5.10 Å². The van der Waals surface area contributed by atoms with Crippen molar-refractivity contribution in [1.82, 2.24) is 20.1 Å². The zero-order valence-corrected chi connectivity index (χ0v) is 10.3. The second-order valence-electron chi connectivity index (χ2n) is 4.18. The van der Waals surface area contributed by atoms with Gasteiger partial charge >= 0.3 is 0 Å². The highest BCUT2D eigenvalue weighted by Crippen LogP contribution is 2.17. The lowest BCUT2D eigenvalue weighted by atomic mass is 10.0. The molecule has 0 aliphatic rings. The Morgan fingerprint density at radius 3 is 2.71 bits per heavy atom. The van der Waals surface area contributed by atoms with Crippen molar-refractivity contribution in [3.05, 3.63) is 48.0 Å². The van der Waals surface area contributed by atoms with Gasteiger partial charge in [0.2, 0.25) is 0 Å². The maximum absolute atomic E-state index is 4.18. The van der Waals surface area contributed by atoms with Crippen molar-refractivity contribution >= 4 is 0 Å². The first-order chi connectivity index (χ1) is 8.29. The van der Waals surface area contributed by atoms with E-state index in [1.807, 2.05) is 37.4 Å². The molecular formula is C13H18N4. The summed E-state index contributed by atoms with van der Waals surface area (Å²) in [6, 6.07) is 4.49. The number of aromatic nitrogens is 3. The van der Waals surface area contributed by atoms with Gasteiger partial charge in [0.1, 0.15) is 0 Å². The summed E-state index contributed by atoms with van der Waals surface area (Å²) in [6.07, 6.45) is 9.76. The first-order valence-corrected chi connectivity index (χ1v) is 5.84. The summed E-state index contributed by atoms with van der Waals surface area (Å²) in [6.45, 7) is 0. The highest BCUT2D eigenvalue weighted by molar-refractivity contribution is 5.15. The van der Waals surface area contributed by atoms with E-state index >= 15 is 0 Å². The Morgan fingerprint density at radius 2 is 2.12 bits per heavy atom. The first-order valence-electron chi connectivity index (χ1n) is 5.84. The van der Waals surface area contributed by atoms with Gasteiger partial charge in [-0.1, -0.05) is 0 Å². The molecule has 0 bridgehead atoms. The van der Waals surface area contributed by atoms with Crippen molar-refractivity contribution in [3.8, 4) is 0 Å². The molecule has 1 N–H and O–H groups in total. The molecule has 90 valence electrons. The van der Waals surface area contributed by atoms with Crippen LogP contribution >= 0.6 is 0 Å². The molecule has 0 aromatic carbocycles. The quantitative estimate of drug-likeness (QED) is 0.850. The average molecular weight is 230 g/mol. The fraction of sp³-hybridized carbons (Fsp3) is 0.385. The van der Waals surface area contributed by atoms with Gasteiger partial charge in [-0.25, -0.2) is 0 Å². The summed E-state index contributed by atoms with van der Waals surface area (Å²) in [5.41, 5.74) is 2.56. The van der Waals surface area contributed by atoms with Gasteiger partial charge in [-0.3, -0.25) is 9.67 Å². The van der Waals surface area contributed by atoms with Crippen LogP contribution in [0.4, 0.5) is 0 Å². The summed E-state index contributed by atoms with van der Waals surface area (Å²) < 4.78 is 1.84. The molecular weight excluding hydrogens is 212 g/mol. The van der Waals surface area contributed by atoms with E-state index in [0.717, 1.165) is 12.8 Å². The van der Waals surface area contributed by atoms with Crippen LogP contribution < -0.4 is 5.32 Å². The molecule has 2 aromatic rings. The van der Waals surface area contributed by atoms with E-state index in [9.17, 15) is 0 Å². The second-order valence-corrected chi connectivity index (χ2v) is 4.18. The van der Waals surface area contributed by atoms with E-state index in [4.69, 9.17) is 0 Å². The number of aryl methyl sites for hydroxylation is 2. The molecule has 2 aromatic heterocycles. The molecule has 2 rings (SSSR count). The fourth-order valence-electron chi connectivity index (χ4n) is 1.99. The number of rotatable bonds is 5. The van der Waals surface area contributed by atoms with Crippen LogP contribution in [-0.4, -0.2) is 21.8 Å². The summed E-state index contributed by atoms with van der Waals surface area (Å²) in [7, 11) is 3.94. The number of hydrogen-bond acceptors (Lipinski definition) is 3. The summed E-state index contributed by atoms with van der Waals surface area (Å²) in [4.78, 5) is 4.04. The minimum atomic E-state index is 0.373. The van der Waals surface area contributed by atoms with Crippen LogP contribution in [0.5, 0.6) is 0 Å². The molecule has 0 radical (unpaired) electrons. The number of hydrogen-bond donors (Lipinski definition) is 1. The smallest absolute Gasteiger partial charge is 0.0521 e. The van der Waals surface area contributed by atoms with Gasteiger partial charge in [-0.05, 0) is 43.1 Å². The van der Waals surface area contributed by atoms with Crippen LogP contribution in [0.2, 0.25) is 0 Å². The molecule has 4 nitrogen and oxygen atoms in total. The zero-order valence-electron chi connectivity index (χ0n) is 10.3. The third-order valence-electron chi connectivity index (χ3n) is 2.94. The van der Waals surface area contributed by atoms with Crippen LogP contribution in [0.1, 0.15) is 23.6 Å². The van der Waals surface area contributed by atoms with Crippen LogP contribution in [-0.2, 0) is 13.5 Å². The normalized spacial score (nSPS) is 12.6. The third-order valence-corrected chi connectivity index (χ3v) is 2.94. The highest BCUT2D eigenvalue weighted by Gasteiger charge is 2.09. The van der Waals surface area contributed by atoms with E-state index in [1.165, 1.54) is 11.1 Å². The van der Waals surface area contributed by atoms with E-state index in [0.29, 0.717) is 6.04 Å². The lowest BCUT2D eigenvalue weighted by molar-refractivity contribution is 0.548. The van der Waals surface area contributed by atoms with Crippen LogP contribution in [0, 0.1) is 0 Å². The summed E-state index contributed by atoms with van der Waals surface area (Å²) in [5.74, 6) is 0.